The van der Waals surface area contributed by atoms with Gasteiger partial charge in [0.05, 0.1) is 60.6 Å². The van der Waals surface area contributed by atoms with Crippen LogP contribution in [0.15, 0.2) is 65.5 Å². The van der Waals surface area contributed by atoms with E-state index in [2.05, 4.69) is 53.1 Å². The number of allylic oxidation sites excluding steroid dienone is 3. The summed E-state index contributed by atoms with van der Waals surface area (Å²) in [5.74, 6) is 11.7. The number of fused-ring (bicyclic) bond motifs is 4. The van der Waals surface area contributed by atoms with E-state index in [9.17, 15) is 19.8 Å². The molecule has 3 aliphatic heterocycles. The zero-order chi connectivity index (χ0) is 48.0. The van der Waals surface area contributed by atoms with Gasteiger partial charge in [-0.15, -0.1) is 15.4 Å². The number of nitrogens with one attached hydrogen (secondary N) is 3. The van der Waals surface area contributed by atoms with E-state index in [1.165, 1.54) is 24.9 Å². The van der Waals surface area contributed by atoms with Crippen molar-refractivity contribution in [1.82, 2.24) is 20.6 Å². The summed E-state index contributed by atoms with van der Waals surface area (Å²) < 4.78 is 51.2. The molecule has 1 amide bonds. The number of thioether (sulfide) groups is 1. The topological polar surface area (TPSA) is 201 Å². The molecule has 3 aromatic rings. The normalized spacial score (nSPS) is 30.4. The third kappa shape index (κ3) is 11.2. The Morgan fingerprint density at radius 1 is 1.18 bits per heavy atom. The third-order valence-electron chi connectivity index (χ3n) is 12.1. The van der Waals surface area contributed by atoms with Crippen LogP contribution in [0.3, 0.4) is 0 Å². The molecule has 12 atom stereocenters. The number of H-pyrrole nitrogens is 1. The Morgan fingerprint density at radius 3 is 2.69 bits per heavy atom. The number of aromatic amines is 1. The highest BCUT2D eigenvalue weighted by molar-refractivity contribution is 8.28. The number of carbonyl (C=O) groups excluding carboxylic acids is 2. The second-order valence-electron chi connectivity index (χ2n) is 16.8. The van der Waals surface area contributed by atoms with Crippen molar-refractivity contribution in [2.45, 2.75) is 113 Å². The van der Waals surface area contributed by atoms with Gasteiger partial charge in [0.25, 0.3) is 0 Å². The van der Waals surface area contributed by atoms with Crippen molar-refractivity contribution in [3.05, 3.63) is 71.2 Å². The number of hydrogen-bond donors (Lipinski definition) is 5. The van der Waals surface area contributed by atoms with E-state index in [-0.39, 0.29) is 54.8 Å². The van der Waals surface area contributed by atoms with Crippen molar-refractivity contribution < 1.29 is 57.7 Å². The number of alkyl carbamates (subject to hydrolysis) is 1. The number of hydrogen-bond acceptors (Lipinski definition) is 16. The number of benzene rings is 1. The first-order valence-electron chi connectivity index (χ1n) is 21.9. The number of phenols is 1. The number of pyridine rings is 1. The van der Waals surface area contributed by atoms with Gasteiger partial charge in [0.1, 0.15) is 29.8 Å². The minimum Gasteiger partial charge on any atom is -0.508 e. The van der Waals surface area contributed by atoms with Gasteiger partial charge < -0.3 is 58.4 Å². The van der Waals surface area contributed by atoms with Crippen molar-refractivity contribution in [3.8, 4) is 29.4 Å². The van der Waals surface area contributed by atoms with E-state index in [1.54, 1.807) is 50.6 Å². The predicted molar refractivity (Wildman–Crippen MR) is 259 cm³/mol. The first-order valence-corrected chi connectivity index (χ1v) is 25.8. The molecule has 0 saturated carbocycles. The third-order valence-corrected chi connectivity index (χ3v) is 14.6. The number of methoxy groups -OCH3 is 2. The maximum Gasteiger partial charge on any atom is 0.411 e. The molecule has 0 bridgehead atoms. The Bertz CT molecular complexity index is 2560. The number of phenolic OH excluding ortho intramolecular Hbond substituents is 1. The van der Waals surface area contributed by atoms with Crippen LogP contribution in [0, 0.1) is 23.7 Å². The fourth-order valence-electron chi connectivity index (χ4n) is 8.90. The number of nitrogens with zero attached hydrogens (tertiary/aromatic N) is 1. The molecule has 67 heavy (non-hydrogen) atoms. The zero-order valence-corrected chi connectivity index (χ0v) is 41.1. The zero-order valence-electron chi connectivity index (χ0n) is 38.7. The van der Waals surface area contributed by atoms with E-state index >= 15 is 0 Å². The molecule has 1 aliphatic carbocycles. The Labute approximate surface area is 401 Å². The molecule has 0 radical (unpaired) electrons. The monoisotopic (exact) mass is 978 g/mol. The smallest absolute Gasteiger partial charge is 0.411 e. The number of amides is 1. The van der Waals surface area contributed by atoms with Gasteiger partial charge in [-0.25, -0.2) is 4.79 Å². The summed E-state index contributed by atoms with van der Waals surface area (Å²) in [6, 6.07) is 7.01. The van der Waals surface area contributed by atoms with Gasteiger partial charge in [-0.2, -0.15) is 11.8 Å². The maximum atomic E-state index is 13.9. The summed E-state index contributed by atoms with van der Waals surface area (Å²) in [5, 5.41) is 29.7. The number of aliphatic hydroxyl groups excluding tert-OH is 1. The van der Waals surface area contributed by atoms with Gasteiger partial charge in [0.2, 0.25) is 6.29 Å². The van der Waals surface area contributed by atoms with Crippen molar-refractivity contribution in [3.63, 3.8) is 0 Å². The molecule has 5 heterocycles. The molecule has 5 N–H and O–H groups in total. The van der Waals surface area contributed by atoms with Crippen molar-refractivity contribution in [2.24, 2.45) is 0 Å². The number of carbonyl (C=O) groups is 2. The van der Waals surface area contributed by atoms with Crippen LogP contribution >= 0.6 is 11.8 Å². The van der Waals surface area contributed by atoms with Gasteiger partial charge in [-0.05, 0) is 68.3 Å². The molecule has 3 saturated heterocycles. The molecule has 4 aliphatic rings. The van der Waals surface area contributed by atoms with E-state index < -0.39 is 75.5 Å². The first kappa shape index (κ1) is 50.7. The summed E-state index contributed by atoms with van der Waals surface area (Å²) in [6.07, 6.45) is 0.822. The molecule has 3 fully saturated rings. The van der Waals surface area contributed by atoms with Crippen LogP contribution in [-0.2, 0) is 63.3 Å². The molecule has 1 aromatic carbocycles. The number of aromatic nitrogens is 2. The fourth-order valence-corrected chi connectivity index (χ4v) is 10.5. The first-order chi connectivity index (χ1) is 32.2. The lowest BCUT2D eigenvalue weighted by molar-refractivity contribution is -0.367. The number of aromatic hydroxyl groups is 1. The minimum absolute atomic E-state index is 0.108. The molecular weight excluding hydrogens is 921 g/mol. The molecule has 16 nitrogen and oxygen atoms in total. The molecule has 0 spiro atoms. The standard InChI is InChI=1S/C48H58N4O12S3/c1-9-10-11-12-13-14-36(39-30(18-20-67(8)65)34(54)22-35(55)41(39)52-47(56)58-6)62-46-43(63-38-23-37(57-5)33(24-59-38)50-26(2)3)44-48(66-7,27(4)61-46)25-60-45(64-44)42-40-29(17-19-49-42)31-21-28(53)15-16-32(31)51-40/h11-12,15-19,21,26-27,33-34,36-38,43-46,50-51,53-54H,20,22-25H2,1-8H3,(H,52,56)/b12-11-,30-18-/t27?,33?,34-,36-,37?,38?,43?,44?,45?,46?,48?,67?/m0/s1. The molecule has 7 rings (SSSR count). The second-order valence-corrected chi connectivity index (χ2v) is 21.1. The number of ether oxygens (including phenoxy) is 8. The van der Waals surface area contributed by atoms with Gasteiger partial charge in [-0.3, -0.25) is 15.1 Å². The van der Waals surface area contributed by atoms with Crippen LogP contribution in [0.25, 0.3) is 21.8 Å². The Kier molecular flexibility index (Phi) is 17.0. The summed E-state index contributed by atoms with van der Waals surface area (Å²) in [7, 11) is 2.31. The van der Waals surface area contributed by atoms with E-state index in [1.807, 2.05) is 25.5 Å². The Balaban J connectivity index is 1.36. The second kappa shape index (κ2) is 22.5. The average molecular weight is 979 g/mol. The van der Waals surface area contributed by atoms with Gasteiger partial charge >= 0.3 is 6.09 Å². The van der Waals surface area contributed by atoms with Gasteiger partial charge in [0.15, 0.2) is 18.4 Å². The van der Waals surface area contributed by atoms with Crippen LogP contribution in [0.1, 0.15) is 52.5 Å². The quantitative estimate of drug-likeness (QED) is 0.147. The van der Waals surface area contributed by atoms with Crippen molar-refractivity contribution >= 4 is 66.1 Å². The lowest BCUT2D eigenvalue weighted by atomic mass is 9.84. The van der Waals surface area contributed by atoms with Gasteiger partial charge in [-0.1, -0.05) is 48.9 Å². The Hall–Kier alpha value is -4.19. The molecule has 360 valence electrons. The summed E-state index contributed by atoms with van der Waals surface area (Å²) in [6.45, 7) is 8.11. The van der Waals surface area contributed by atoms with Crippen molar-refractivity contribution in [1.29, 1.82) is 0 Å². The van der Waals surface area contributed by atoms with Crippen LogP contribution < -0.4 is 10.6 Å². The number of ketones is 1. The minimum atomic E-state index is -1.35. The largest absolute Gasteiger partial charge is 0.508 e. The van der Waals surface area contributed by atoms with Crippen molar-refractivity contribution in [2.75, 3.05) is 45.7 Å². The van der Waals surface area contributed by atoms with Crippen LogP contribution in [0.2, 0.25) is 0 Å². The summed E-state index contributed by atoms with van der Waals surface area (Å²) in [4.78, 5) is 35.0. The van der Waals surface area contributed by atoms with E-state index in [0.29, 0.717) is 29.0 Å². The Morgan fingerprint density at radius 2 is 1.97 bits per heavy atom. The van der Waals surface area contributed by atoms with Gasteiger partial charge in [0, 0.05) is 59.8 Å². The molecule has 19 heteroatoms. The van der Waals surface area contributed by atoms with E-state index in [4.69, 9.17) is 54.1 Å². The highest BCUT2D eigenvalue weighted by Crippen LogP contribution is 2.50. The molecule has 2 aromatic heterocycles. The molecule has 10 unspecified atom stereocenters. The highest BCUT2D eigenvalue weighted by Gasteiger charge is 2.61. The van der Waals surface area contributed by atoms with Crippen LogP contribution in [-0.4, -0.2) is 144 Å². The fraction of sp³-hybridized carbons (Fsp3) is 0.521. The maximum absolute atomic E-state index is 13.9. The SMILES string of the molecule is CC#C/C=C\C#C[C@H](OC1OC(C)C2(SC)COC(c3nccc4c3[nH]c3ccc(O)cc34)OC2C1OC1CC(OC)C(NC(C)C)CO1)C1=C(NC(=O)OC)C(=O)C[C@H](O)/C1=C/CS(C)=S. The van der Waals surface area contributed by atoms with Crippen LogP contribution in [0.4, 0.5) is 4.79 Å². The van der Waals surface area contributed by atoms with E-state index in [0.717, 1.165) is 16.3 Å². The highest BCUT2D eigenvalue weighted by atomic mass is 32.8. The lowest BCUT2D eigenvalue weighted by Crippen LogP contribution is -2.70. The lowest BCUT2D eigenvalue weighted by Gasteiger charge is -2.56. The number of aliphatic hydroxyl groups is 1. The molecular formula is C48H58N4O12S3. The van der Waals surface area contributed by atoms with Crippen LogP contribution in [0.5, 0.6) is 5.75 Å². The summed E-state index contributed by atoms with van der Waals surface area (Å²) in [5.41, 5.74) is 2.19. The average Bonchev–Trinajstić information content (AvgIpc) is 3.68. The number of Topliss-reactive ketones (excluding diaryl/α,β-unsaturated/α-hetero) is 1. The summed E-state index contributed by atoms with van der Waals surface area (Å²) >= 11 is 7.04. The number of rotatable bonds is 13. The predicted octanol–water partition coefficient (Wildman–Crippen LogP) is 4.74.